The van der Waals surface area contributed by atoms with E-state index in [0.717, 1.165) is 12.1 Å². The molecule has 0 saturated heterocycles. The summed E-state index contributed by atoms with van der Waals surface area (Å²) in [6.45, 7) is 2.67. The van der Waals surface area contributed by atoms with E-state index < -0.39 is 0 Å². The maximum Gasteiger partial charge on any atom is 0.269 e. The van der Waals surface area contributed by atoms with Crippen molar-refractivity contribution in [1.82, 2.24) is 10.3 Å². The highest BCUT2D eigenvalue weighted by Crippen LogP contribution is 2.39. The number of halogens is 2. The highest BCUT2D eigenvalue weighted by Gasteiger charge is 2.43. The molecule has 9 heteroatoms. The van der Waals surface area contributed by atoms with E-state index in [1.165, 1.54) is 29.2 Å². The minimum absolute atomic E-state index is 0.0178. The average Bonchev–Trinajstić information content (AvgIpc) is 3.25. The van der Waals surface area contributed by atoms with E-state index >= 15 is 0 Å². The van der Waals surface area contributed by atoms with Crippen LogP contribution in [-0.2, 0) is 5.75 Å². The smallest absolute Gasteiger partial charge is 0.269 e. The molecule has 1 aromatic carbocycles. The van der Waals surface area contributed by atoms with Gasteiger partial charge in [-0.2, -0.15) is 5.10 Å². The topological polar surface area (TPSA) is 47.9 Å². The zero-order valence-corrected chi connectivity index (χ0v) is 16.3. The second kappa shape index (κ2) is 7.09. The highest BCUT2D eigenvalue weighted by molar-refractivity contribution is 8.13. The fourth-order valence-electron chi connectivity index (χ4n) is 3.04. The second-order valence-corrected chi connectivity index (χ2v) is 8.16. The molecule has 0 spiro atoms. The Balaban J connectivity index is 1.60. The standard InChI is InChI=1S/C17H16ClFN4OS2/c1-2-7-22-15(24)14-13(6-8-25-14)23-16(22)20-21-17(23)26-9-10-11(18)4-3-5-12(10)19/h3-6,8,16,20H,2,7,9H2,1H3. The number of carbonyl (C=O) groups excluding carboxylic acids is 1. The number of hydrogen-bond acceptors (Lipinski definition) is 6. The fraction of sp³-hybridized carbons (Fsp3) is 0.294. The normalized spacial score (nSPS) is 18.5. The fourth-order valence-corrected chi connectivity index (χ4v) is 5.21. The van der Waals surface area contributed by atoms with Crippen molar-refractivity contribution in [2.45, 2.75) is 25.4 Å². The van der Waals surface area contributed by atoms with Crippen LogP contribution < -0.4 is 10.3 Å². The molecule has 1 atom stereocenters. The van der Waals surface area contributed by atoms with Crippen LogP contribution in [0.25, 0.3) is 0 Å². The van der Waals surface area contributed by atoms with E-state index in [1.54, 1.807) is 17.0 Å². The minimum Gasteiger partial charge on any atom is -0.298 e. The van der Waals surface area contributed by atoms with Gasteiger partial charge >= 0.3 is 0 Å². The molecule has 1 amide bonds. The number of hydrogen-bond donors (Lipinski definition) is 1. The number of carbonyl (C=O) groups is 1. The van der Waals surface area contributed by atoms with Gasteiger partial charge in [-0.05, 0) is 30.0 Å². The van der Waals surface area contributed by atoms with Crippen LogP contribution in [0.1, 0.15) is 28.6 Å². The van der Waals surface area contributed by atoms with Gasteiger partial charge in [-0.3, -0.25) is 20.0 Å². The quantitative estimate of drug-likeness (QED) is 0.816. The number of amidine groups is 1. The zero-order chi connectivity index (χ0) is 18.3. The van der Waals surface area contributed by atoms with Crippen molar-refractivity contribution in [1.29, 1.82) is 0 Å². The van der Waals surface area contributed by atoms with Crippen LogP contribution in [0.2, 0.25) is 5.02 Å². The van der Waals surface area contributed by atoms with Crippen LogP contribution in [0, 0.1) is 5.82 Å². The van der Waals surface area contributed by atoms with E-state index in [0.29, 0.717) is 32.9 Å². The molecule has 0 fully saturated rings. The number of hydrazone groups is 1. The summed E-state index contributed by atoms with van der Waals surface area (Å²) < 4.78 is 14.0. The summed E-state index contributed by atoms with van der Waals surface area (Å²) in [5.74, 6) is 0.0474. The molecule has 2 aromatic rings. The van der Waals surface area contributed by atoms with Crippen molar-refractivity contribution in [2.75, 3.05) is 11.4 Å². The number of nitrogens with zero attached hydrogens (tertiary/aromatic N) is 3. The van der Waals surface area contributed by atoms with Gasteiger partial charge in [0.05, 0.1) is 5.69 Å². The first-order valence-corrected chi connectivity index (χ1v) is 10.4. The highest BCUT2D eigenvalue weighted by atomic mass is 35.5. The molecule has 136 valence electrons. The van der Waals surface area contributed by atoms with E-state index in [4.69, 9.17) is 11.6 Å². The molecule has 2 aliphatic heterocycles. The van der Waals surface area contributed by atoms with Crippen LogP contribution >= 0.6 is 34.7 Å². The second-order valence-electron chi connectivity index (χ2n) is 5.89. The first kappa shape index (κ1) is 17.6. The van der Waals surface area contributed by atoms with E-state index in [1.807, 2.05) is 23.3 Å². The monoisotopic (exact) mass is 410 g/mol. The minimum atomic E-state index is -0.344. The molecule has 5 nitrogen and oxygen atoms in total. The first-order valence-electron chi connectivity index (χ1n) is 8.18. The Morgan fingerprint density at radius 3 is 3.04 bits per heavy atom. The van der Waals surface area contributed by atoms with Crippen LogP contribution in [-0.4, -0.2) is 28.8 Å². The summed E-state index contributed by atoms with van der Waals surface area (Å²) in [5, 5.41) is 7.40. The lowest BCUT2D eigenvalue weighted by molar-refractivity contribution is 0.0648. The van der Waals surface area contributed by atoms with Crippen molar-refractivity contribution in [3.8, 4) is 0 Å². The van der Waals surface area contributed by atoms with Crippen molar-refractivity contribution < 1.29 is 9.18 Å². The number of thioether (sulfide) groups is 1. The molecule has 0 radical (unpaired) electrons. The van der Waals surface area contributed by atoms with Crippen LogP contribution in [0.15, 0.2) is 34.7 Å². The Kier molecular flexibility index (Phi) is 4.81. The predicted molar refractivity (Wildman–Crippen MR) is 105 cm³/mol. The zero-order valence-electron chi connectivity index (χ0n) is 13.9. The third kappa shape index (κ3) is 2.86. The van der Waals surface area contributed by atoms with Gasteiger partial charge in [0.15, 0.2) is 5.17 Å². The third-order valence-electron chi connectivity index (χ3n) is 4.25. The third-order valence-corrected chi connectivity index (χ3v) is 6.48. The summed E-state index contributed by atoms with van der Waals surface area (Å²) in [6, 6.07) is 6.59. The van der Waals surface area contributed by atoms with Gasteiger partial charge in [0.2, 0.25) is 6.29 Å². The number of thiophene rings is 1. The summed E-state index contributed by atoms with van der Waals surface area (Å²) in [5.41, 5.74) is 4.34. The maximum absolute atomic E-state index is 14.0. The Morgan fingerprint density at radius 2 is 2.27 bits per heavy atom. The molecule has 0 saturated carbocycles. The number of nitrogens with one attached hydrogen (secondary N) is 1. The molecule has 2 aliphatic rings. The van der Waals surface area contributed by atoms with Gasteiger partial charge in [-0.25, -0.2) is 4.39 Å². The number of rotatable bonds is 4. The molecular weight excluding hydrogens is 395 g/mol. The van der Waals surface area contributed by atoms with Gasteiger partial charge in [0.1, 0.15) is 10.7 Å². The van der Waals surface area contributed by atoms with Crippen molar-refractivity contribution in [3.63, 3.8) is 0 Å². The molecule has 0 aliphatic carbocycles. The van der Waals surface area contributed by atoms with E-state index in [2.05, 4.69) is 10.5 Å². The van der Waals surface area contributed by atoms with Crippen LogP contribution in [0.5, 0.6) is 0 Å². The maximum atomic E-state index is 14.0. The van der Waals surface area contributed by atoms with Crippen LogP contribution in [0.4, 0.5) is 10.1 Å². The van der Waals surface area contributed by atoms with Crippen molar-refractivity contribution in [2.24, 2.45) is 5.10 Å². The number of fused-ring (bicyclic) bond motifs is 3. The van der Waals surface area contributed by atoms with Gasteiger partial charge < -0.3 is 0 Å². The number of benzene rings is 1. The number of anilines is 1. The van der Waals surface area contributed by atoms with Crippen molar-refractivity contribution >= 4 is 51.5 Å². The summed E-state index contributed by atoms with van der Waals surface area (Å²) in [6.07, 6.45) is 0.509. The summed E-state index contributed by atoms with van der Waals surface area (Å²) >= 11 is 8.95. The Bertz CT molecular complexity index is 867. The lowest BCUT2D eigenvalue weighted by atomic mass is 10.2. The van der Waals surface area contributed by atoms with Gasteiger partial charge in [-0.15, -0.1) is 11.3 Å². The molecule has 1 unspecified atom stereocenters. The lowest BCUT2D eigenvalue weighted by Gasteiger charge is -2.39. The molecule has 0 bridgehead atoms. The molecule has 3 heterocycles. The molecule has 1 aromatic heterocycles. The molecule has 26 heavy (non-hydrogen) atoms. The molecule has 1 N–H and O–H groups in total. The summed E-state index contributed by atoms with van der Waals surface area (Å²) in [7, 11) is 0. The van der Waals surface area contributed by atoms with E-state index in [9.17, 15) is 9.18 Å². The van der Waals surface area contributed by atoms with Gasteiger partial charge in [0.25, 0.3) is 5.91 Å². The Labute approximate surface area is 163 Å². The first-order chi connectivity index (χ1) is 12.6. The largest absolute Gasteiger partial charge is 0.298 e. The molecular formula is C17H16ClFN4OS2. The number of amides is 1. The predicted octanol–water partition coefficient (Wildman–Crippen LogP) is 4.30. The lowest BCUT2D eigenvalue weighted by Crippen LogP contribution is -2.58. The van der Waals surface area contributed by atoms with Crippen molar-refractivity contribution in [3.05, 3.63) is 50.9 Å². The average molecular weight is 411 g/mol. The van der Waals surface area contributed by atoms with E-state index in [-0.39, 0.29) is 18.0 Å². The van der Waals surface area contributed by atoms with Gasteiger partial charge in [0, 0.05) is 22.9 Å². The Hall–Kier alpha value is -1.77. The van der Waals surface area contributed by atoms with Crippen LogP contribution in [0.3, 0.4) is 0 Å². The van der Waals surface area contributed by atoms with Gasteiger partial charge in [-0.1, -0.05) is 36.4 Å². The summed E-state index contributed by atoms with van der Waals surface area (Å²) in [4.78, 5) is 17.2. The SMILES string of the molecule is CCCN1C(=O)c2sccc2N2C(SCc3c(F)cccc3Cl)=NNC12. The Morgan fingerprint density at radius 1 is 1.42 bits per heavy atom. The molecule has 4 rings (SSSR count).